The quantitative estimate of drug-likeness (QED) is 0.638. The van der Waals surface area contributed by atoms with Crippen LogP contribution in [-0.4, -0.2) is 45.1 Å². The van der Waals surface area contributed by atoms with Gasteiger partial charge in [0.15, 0.2) is 0 Å². The topological polar surface area (TPSA) is 67.2 Å². The molecule has 1 heterocycles. The predicted octanol–water partition coefficient (Wildman–Crippen LogP) is 5.06. The second kappa shape index (κ2) is 10.7. The Hall–Kier alpha value is -2.28. The highest BCUT2D eigenvalue weighted by molar-refractivity contribution is 8.02. The number of amides is 2. The predicted molar refractivity (Wildman–Crippen MR) is 125 cm³/mol. The maximum absolute atomic E-state index is 13.0. The molecule has 30 heavy (non-hydrogen) atoms. The summed E-state index contributed by atoms with van der Waals surface area (Å²) < 4.78 is 2.02. The molecule has 0 bridgehead atoms. The van der Waals surface area contributed by atoms with Crippen LogP contribution < -0.4 is 5.32 Å². The van der Waals surface area contributed by atoms with Crippen molar-refractivity contribution in [3.05, 3.63) is 35.2 Å². The molecule has 2 amide bonds. The minimum absolute atomic E-state index is 0.0437. The molecule has 0 saturated heterocycles. The third kappa shape index (κ3) is 5.25. The molecular formula is C23H32N4O2S. The number of fused-ring (bicyclic) bond motifs is 1. The SMILES string of the molecule is C/C=C\SCC(=O)Nc1nc2cc(C(=O)N(C)C3CCCCC3)ccc2n1CCC. The number of hydrogen-bond acceptors (Lipinski definition) is 4. The number of allylic oxidation sites excluding steroid dienone is 1. The van der Waals surface area contributed by atoms with E-state index in [1.54, 1.807) is 0 Å². The molecule has 3 rings (SSSR count). The molecule has 1 N–H and O–H groups in total. The number of anilines is 1. The van der Waals surface area contributed by atoms with Gasteiger partial charge in [0, 0.05) is 25.2 Å². The molecule has 1 saturated carbocycles. The average molecular weight is 429 g/mol. The highest BCUT2D eigenvalue weighted by Crippen LogP contribution is 2.25. The average Bonchev–Trinajstić information content (AvgIpc) is 3.10. The second-order valence-electron chi connectivity index (χ2n) is 7.83. The van der Waals surface area contributed by atoms with Crippen molar-refractivity contribution in [1.82, 2.24) is 14.5 Å². The summed E-state index contributed by atoms with van der Waals surface area (Å²) in [6, 6.07) is 6.01. The molecular weight excluding hydrogens is 396 g/mol. The van der Waals surface area contributed by atoms with Gasteiger partial charge in [0.2, 0.25) is 11.9 Å². The second-order valence-corrected chi connectivity index (χ2v) is 8.72. The van der Waals surface area contributed by atoms with Gasteiger partial charge < -0.3 is 9.47 Å². The monoisotopic (exact) mass is 428 g/mol. The molecule has 2 aromatic rings. The third-order valence-corrected chi connectivity index (χ3v) is 6.48. The van der Waals surface area contributed by atoms with E-state index in [4.69, 9.17) is 0 Å². The van der Waals surface area contributed by atoms with E-state index in [1.165, 1.54) is 31.0 Å². The van der Waals surface area contributed by atoms with Gasteiger partial charge in [-0.05, 0) is 49.8 Å². The summed E-state index contributed by atoms with van der Waals surface area (Å²) in [5, 5.41) is 4.83. The Morgan fingerprint density at radius 3 is 2.77 bits per heavy atom. The first-order valence-electron chi connectivity index (χ1n) is 10.8. The van der Waals surface area contributed by atoms with Gasteiger partial charge in [0.05, 0.1) is 16.8 Å². The fraction of sp³-hybridized carbons (Fsp3) is 0.522. The van der Waals surface area contributed by atoms with Crippen molar-refractivity contribution in [1.29, 1.82) is 0 Å². The number of nitrogens with zero attached hydrogens (tertiary/aromatic N) is 3. The molecule has 1 aliphatic rings. The molecule has 1 fully saturated rings. The number of aromatic nitrogens is 2. The Bertz CT molecular complexity index is 915. The summed E-state index contributed by atoms with van der Waals surface area (Å²) in [6.07, 6.45) is 8.64. The molecule has 1 aliphatic carbocycles. The summed E-state index contributed by atoms with van der Waals surface area (Å²) in [4.78, 5) is 31.9. The maximum atomic E-state index is 13.0. The van der Waals surface area contributed by atoms with Crippen molar-refractivity contribution in [2.24, 2.45) is 0 Å². The zero-order chi connectivity index (χ0) is 21.5. The van der Waals surface area contributed by atoms with Crippen molar-refractivity contribution < 1.29 is 9.59 Å². The van der Waals surface area contributed by atoms with Gasteiger partial charge in [-0.25, -0.2) is 4.98 Å². The molecule has 1 aromatic heterocycles. The molecule has 0 radical (unpaired) electrons. The molecule has 0 unspecified atom stereocenters. The number of benzene rings is 1. The van der Waals surface area contributed by atoms with Crippen molar-refractivity contribution in [2.45, 2.75) is 65.0 Å². The molecule has 0 atom stereocenters. The summed E-state index contributed by atoms with van der Waals surface area (Å²) in [6.45, 7) is 4.77. The highest BCUT2D eigenvalue weighted by atomic mass is 32.2. The lowest BCUT2D eigenvalue weighted by atomic mass is 9.94. The van der Waals surface area contributed by atoms with Crippen LogP contribution in [0.15, 0.2) is 29.7 Å². The van der Waals surface area contributed by atoms with E-state index in [2.05, 4.69) is 17.2 Å². The van der Waals surface area contributed by atoms with E-state index < -0.39 is 0 Å². The van der Waals surface area contributed by atoms with E-state index >= 15 is 0 Å². The first kappa shape index (κ1) is 22.4. The highest BCUT2D eigenvalue weighted by Gasteiger charge is 2.24. The van der Waals surface area contributed by atoms with E-state index in [1.807, 2.05) is 53.1 Å². The largest absolute Gasteiger partial charge is 0.339 e. The first-order valence-corrected chi connectivity index (χ1v) is 11.9. The van der Waals surface area contributed by atoms with Crippen LogP contribution in [0.3, 0.4) is 0 Å². The standard InChI is InChI=1S/C23H32N4O2S/c1-4-13-27-20-12-11-17(22(29)26(3)18-9-7-6-8-10-18)15-19(20)24-23(27)25-21(28)16-30-14-5-2/h5,11-12,14-15,18H,4,6-10,13,16H2,1-3H3,(H,24,25,28)/b14-5-. The van der Waals surface area contributed by atoms with Crippen LogP contribution in [0.2, 0.25) is 0 Å². The maximum Gasteiger partial charge on any atom is 0.253 e. The van der Waals surface area contributed by atoms with E-state index in [9.17, 15) is 9.59 Å². The zero-order valence-electron chi connectivity index (χ0n) is 18.2. The van der Waals surface area contributed by atoms with Gasteiger partial charge in [-0.3, -0.25) is 14.9 Å². The van der Waals surface area contributed by atoms with Gasteiger partial charge in [-0.1, -0.05) is 32.3 Å². The fourth-order valence-electron chi connectivity index (χ4n) is 4.03. The number of carbonyl (C=O) groups excluding carboxylic acids is 2. The Kier molecular flexibility index (Phi) is 7.96. The Morgan fingerprint density at radius 2 is 2.07 bits per heavy atom. The van der Waals surface area contributed by atoms with Crippen LogP contribution in [0, 0.1) is 0 Å². The lowest BCUT2D eigenvalue weighted by Crippen LogP contribution is -2.38. The Morgan fingerprint density at radius 1 is 1.30 bits per heavy atom. The molecule has 1 aromatic carbocycles. The Balaban J connectivity index is 1.82. The number of thioether (sulfide) groups is 1. The fourth-order valence-corrected chi connectivity index (χ4v) is 4.54. The van der Waals surface area contributed by atoms with Crippen molar-refractivity contribution in [3.63, 3.8) is 0 Å². The summed E-state index contributed by atoms with van der Waals surface area (Å²) >= 11 is 1.45. The lowest BCUT2D eigenvalue weighted by molar-refractivity contribution is -0.113. The van der Waals surface area contributed by atoms with Crippen LogP contribution in [0.25, 0.3) is 11.0 Å². The van der Waals surface area contributed by atoms with Crippen LogP contribution in [0.5, 0.6) is 0 Å². The van der Waals surface area contributed by atoms with Gasteiger partial charge in [-0.2, -0.15) is 0 Å². The summed E-state index contributed by atoms with van der Waals surface area (Å²) in [5.41, 5.74) is 2.33. The van der Waals surface area contributed by atoms with Crippen molar-refractivity contribution >= 4 is 40.6 Å². The minimum atomic E-state index is -0.0842. The summed E-state index contributed by atoms with van der Waals surface area (Å²) in [7, 11) is 1.91. The van der Waals surface area contributed by atoms with Gasteiger partial charge in [0.1, 0.15) is 0 Å². The smallest absolute Gasteiger partial charge is 0.253 e. The van der Waals surface area contributed by atoms with Gasteiger partial charge >= 0.3 is 0 Å². The molecule has 0 spiro atoms. The van der Waals surface area contributed by atoms with Crippen molar-refractivity contribution in [2.75, 3.05) is 18.1 Å². The van der Waals surface area contributed by atoms with Gasteiger partial charge in [0.25, 0.3) is 5.91 Å². The van der Waals surface area contributed by atoms with Crippen molar-refractivity contribution in [3.8, 4) is 0 Å². The van der Waals surface area contributed by atoms with E-state index in [0.29, 0.717) is 23.3 Å². The number of carbonyl (C=O) groups is 2. The minimum Gasteiger partial charge on any atom is -0.339 e. The molecule has 6 nitrogen and oxygen atoms in total. The number of imidazole rings is 1. The van der Waals surface area contributed by atoms with E-state index in [0.717, 1.165) is 36.8 Å². The van der Waals surface area contributed by atoms with Crippen LogP contribution >= 0.6 is 11.8 Å². The molecule has 7 heteroatoms. The molecule has 0 aliphatic heterocycles. The summed E-state index contributed by atoms with van der Waals surface area (Å²) in [5.74, 6) is 0.847. The first-order chi connectivity index (χ1) is 14.5. The van der Waals surface area contributed by atoms with Crippen LogP contribution in [0.4, 0.5) is 5.95 Å². The Labute approximate surface area is 183 Å². The number of hydrogen-bond donors (Lipinski definition) is 1. The number of aryl methyl sites for hydroxylation is 1. The molecule has 162 valence electrons. The number of nitrogens with one attached hydrogen (secondary N) is 1. The van der Waals surface area contributed by atoms with E-state index in [-0.39, 0.29) is 11.8 Å². The van der Waals surface area contributed by atoms with Crippen LogP contribution in [0.1, 0.15) is 62.7 Å². The third-order valence-electron chi connectivity index (χ3n) is 5.58. The van der Waals surface area contributed by atoms with Gasteiger partial charge in [-0.15, -0.1) is 11.8 Å². The zero-order valence-corrected chi connectivity index (χ0v) is 19.0. The number of rotatable bonds is 8. The van der Waals surface area contributed by atoms with Crippen LogP contribution in [-0.2, 0) is 11.3 Å². The normalized spacial score (nSPS) is 15.0. The lowest BCUT2D eigenvalue weighted by Gasteiger charge is -2.31.